The van der Waals surface area contributed by atoms with Gasteiger partial charge in [0.1, 0.15) is 6.10 Å². The molecule has 0 bridgehead atoms. The van der Waals surface area contributed by atoms with Gasteiger partial charge in [-0.15, -0.1) is 0 Å². The van der Waals surface area contributed by atoms with Crippen LogP contribution in [0.2, 0.25) is 5.02 Å². The lowest BCUT2D eigenvalue weighted by Gasteiger charge is -2.19. The highest BCUT2D eigenvalue weighted by Gasteiger charge is 2.23. The summed E-state index contributed by atoms with van der Waals surface area (Å²) in [6.07, 6.45) is -2.16. The van der Waals surface area contributed by atoms with Crippen LogP contribution in [0, 0.1) is 0 Å². The molecular formula is C11H12BrClO3S. The van der Waals surface area contributed by atoms with Crippen LogP contribution < -0.4 is 0 Å². The summed E-state index contributed by atoms with van der Waals surface area (Å²) in [7, 11) is 0. The quantitative estimate of drug-likeness (QED) is 0.885. The summed E-state index contributed by atoms with van der Waals surface area (Å²) in [5.41, 5.74) is 0.436. The van der Waals surface area contributed by atoms with E-state index in [2.05, 4.69) is 15.9 Å². The number of hydrogen-bond donors (Lipinski definition) is 2. The molecule has 0 heterocycles. The van der Waals surface area contributed by atoms with Gasteiger partial charge in [-0.3, -0.25) is 4.79 Å². The van der Waals surface area contributed by atoms with Gasteiger partial charge in [-0.25, -0.2) is 0 Å². The van der Waals surface area contributed by atoms with Crippen molar-refractivity contribution < 1.29 is 15.0 Å². The molecule has 0 saturated carbocycles. The molecule has 0 fully saturated rings. The third-order valence-electron chi connectivity index (χ3n) is 2.12. The minimum atomic E-state index is -1.12. The smallest absolute Gasteiger partial charge is 0.185 e. The lowest BCUT2D eigenvalue weighted by Crippen LogP contribution is -2.22. The number of aliphatic hydroxyl groups is 2. The number of carbonyl (C=O) groups is 1. The van der Waals surface area contributed by atoms with Crippen molar-refractivity contribution in [2.24, 2.45) is 0 Å². The summed E-state index contributed by atoms with van der Waals surface area (Å²) >= 11 is 10.2. The van der Waals surface area contributed by atoms with Crippen LogP contribution in [0.5, 0.6) is 0 Å². The van der Waals surface area contributed by atoms with E-state index >= 15 is 0 Å². The molecule has 0 amide bonds. The zero-order chi connectivity index (χ0) is 13.0. The Balaban J connectivity index is 2.81. The Morgan fingerprint density at radius 2 is 2.18 bits per heavy atom. The van der Waals surface area contributed by atoms with Gasteiger partial charge in [0, 0.05) is 27.7 Å². The van der Waals surface area contributed by atoms with Gasteiger partial charge in [-0.1, -0.05) is 45.4 Å². The predicted octanol–water partition coefficient (Wildman–Crippen LogP) is 2.78. The molecular weight excluding hydrogens is 328 g/mol. The third kappa shape index (κ3) is 4.26. The average Bonchev–Trinajstić information content (AvgIpc) is 2.25. The van der Waals surface area contributed by atoms with Crippen LogP contribution >= 0.6 is 39.3 Å². The summed E-state index contributed by atoms with van der Waals surface area (Å²) < 4.78 is 0.629. The first-order chi connectivity index (χ1) is 7.93. The number of aliphatic hydroxyl groups excluding tert-OH is 2. The Morgan fingerprint density at radius 1 is 1.53 bits per heavy atom. The van der Waals surface area contributed by atoms with Crippen LogP contribution in [0.25, 0.3) is 0 Å². The Hall–Kier alpha value is -0.0700. The first kappa shape index (κ1) is 15.0. The van der Waals surface area contributed by atoms with Crippen LogP contribution in [-0.2, 0) is 4.79 Å². The molecule has 2 atom stereocenters. The van der Waals surface area contributed by atoms with E-state index in [0.717, 1.165) is 11.8 Å². The highest BCUT2D eigenvalue weighted by atomic mass is 79.9. The molecule has 0 aliphatic carbocycles. The average molecular weight is 340 g/mol. The topological polar surface area (TPSA) is 57.5 Å². The molecule has 1 rings (SSSR count). The van der Waals surface area contributed by atoms with E-state index in [0.29, 0.717) is 15.1 Å². The van der Waals surface area contributed by atoms with Crippen molar-refractivity contribution in [3.63, 3.8) is 0 Å². The summed E-state index contributed by atoms with van der Waals surface area (Å²) in [5, 5.41) is 20.0. The van der Waals surface area contributed by atoms with Crippen molar-refractivity contribution >= 4 is 44.4 Å². The summed E-state index contributed by atoms with van der Waals surface area (Å²) in [6, 6.07) is 5.10. The van der Waals surface area contributed by atoms with Gasteiger partial charge in [0.25, 0.3) is 0 Å². The van der Waals surface area contributed by atoms with Crippen molar-refractivity contribution in [1.82, 2.24) is 0 Å². The molecule has 1 aromatic rings. The molecule has 1 aromatic carbocycles. The Labute approximate surface area is 117 Å². The molecule has 0 aliphatic rings. The highest BCUT2D eigenvalue weighted by molar-refractivity contribution is 9.10. The standard InChI is InChI=1S/C11H12BrClO3S/c1-6(14)17-5-9(15)11(16)10-7(12)3-2-4-8(10)13/h2-4,9,11,15-16H,5H2,1H3. The third-order valence-corrected chi connectivity index (χ3v) is 4.05. The molecule has 0 radical (unpaired) electrons. The molecule has 6 heteroatoms. The van der Waals surface area contributed by atoms with Gasteiger partial charge in [0.2, 0.25) is 0 Å². The summed E-state index contributed by atoms with van der Waals surface area (Å²) in [5.74, 6) is 0.133. The Bertz CT molecular complexity index is 393. The maximum atomic E-state index is 10.8. The molecule has 17 heavy (non-hydrogen) atoms. The lowest BCUT2D eigenvalue weighted by atomic mass is 10.1. The van der Waals surface area contributed by atoms with Crippen LogP contribution in [0.3, 0.4) is 0 Å². The molecule has 0 aromatic heterocycles. The van der Waals surface area contributed by atoms with Gasteiger partial charge in [-0.2, -0.15) is 0 Å². The second kappa shape index (κ2) is 6.75. The molecule has 3 nitrogen and oxygen atoms in total. The zero-order valence-electron chi connectivity index (χ0n) is 9.06. The van der Waals surface area contributed by atoms with Crippen molar-refractivity contribution in [1.29, 1.82) is 0 Å². The van der Waals surface area contributed by atoms with E-state index in [1.165, 1.54) is 6.92 Å². The maximum Gasteiger partial charge on any atom is 0.185 e. The van der Waals surface area contributed by atoms with E-state index in [1.807, 2.05) is 0 Å². The van der Waals surface area contributed by atoms with E-state index < -0.39 is 12.2 Å². The van der Waals surface area contributed by atoms with E-state index in [1.54, 1.807) is 18.2 Å². The van der Waals surface area contributed by atoms with Gasteiger partial charge >= 0.3 is 0 Å². The molecule has 2 N–H and O–H groups in total. The van der Waals surface area contributed by atoms with Crippen molar-refractivity contribution in [2.75, 3.05) is 5.75 Å². The second-order valence-electron chi connectivity index (χ2n) is 3.45. The van der Waals surface area contributed by atoms with E-state index in [-0.39, 0.29) is 10.9 Å². The zero-order valence-corrected chi connectivity index (χ0v) is 12.2. The number of benzene rings is 1. The fraction of sp³-hybridized carbons (Fsp3) is 0.364. The van der Waals surface area contributed by atoms with Crippen LogP contribution in [0.15, 0.2) is 22.7 Å². The molecule has 2 unspecified atom stereocenters. The number of carbonyl (C=O) groups excluding carboxylic acids is 1. The van der Waals surface area contributed by atoms with Crippen LogP contribution in [0.4, 0.5) is 0 Å². The van der Waals surface area contributed by atoms with Crippen molar-refractivity contribution in [2.45, 2.75) is 19.1 Å². The fourth-order valence-electron chi connectivity index (χ4n) is 1.28. The van der Waals surface area contributed by atoms with Crippen molar-refractivity contribution in [3.8, 4) is 0 Å². The van der Waals surface area contributed by atoms with E-state index in [4.69, 9.17) is 11.6 Å². The molecule has 0 spiro atoms. The minimum Gasteiger partial charge on any atom is -0.389 e. The van der Waals surface area contributed by atoms with Crippen LogP contribution in [-0.4, -0.2) is 27.2 Å². The summed E-state index contributed by atoms with van der Waals surface area (Å²) in [6.45, 7) is 1.41. The number of halogens is 2. The molecule has 0 aliphatic heterocycles. The van der Waals surface area contributed by atoms with Crippen LogP contribution in [0.1, 0.15) is 18.6 Å². The molecule has 0 saturated heterocycles. The fourth-order valence-corrected chi connectivity index (χ4v) is 2.87. The van der Waals surface area contributed by atoms with Gasteiger partial charge in [-0.05, 0) is 12.1 Å². The lowest BCUT2D eigenvalue weighted by molar-refractivity contribution is -0.109. The van der Waals surface area contributed by atoms with E-state index in [9.17, 15) is 15.0 Å². The minimum absolute atomic E-state index is 0.102. The Morgan fingerprint density at radius 3 is 2.71 bits per heavy atom. The highest BCUT2D eigenvalue weighted by Crippen LogP contribution is 2.32. The predicted molar refractivity (Wildman–Crippen MR) is 73.3 cm³/mol. The SMILES string of the molecule is CC(=O)SCC(O)C(O)c1c(Cl)cccc1Br. The van der Waals surface area contributed by atoms with Gasteiger partial charge in [0.15, 0.2) is 5.12 Å². The second-order valence-corrected chi connectivity index (χ2v) is 5.91. The van der Waals surface area contributed by atoms with Gasteiger partial charge in [0.05, 0.1) is 6.10 Å². The molecule has 94 valence electrons. The summed E-state index contributed by atoms with van der Waals surface area (Å²) in [4.78, 5) is 10.8. The number of rotatable bonds is 4. The first-order valence-electron chi connectivity index (χ1n) is 4.87. The first-order valence-corrected chi connectivity index (χ1v) is 7.02. The van der Waals surface area contributed by atoms with Crippen molar-refractivity contribution in [3.05, 3.63) is 33.3 Å². The number of thioether (sulfide) groups is 1. The maximum absolute atomic E-state index is 10.8. The van der Waals surface area contributed by atoms with Gasteiger partial charge < -0.3 is 10.2 Å². The normalized spacial score (nSPS) is 14.4. The number of hydrogen-bond acceptors (Lipinski definition) is 4. The Kier molecular flexibility index (Phi) is 5.95. The monoisotopic (exact) mass is 338 g/mol. The largest absolute Gasteiger partial charge is 0.389 e.